The number of likely N-dealkylation sites (N-methyl/N-ethyl adjacent to an activating group) is 2. The summed E-state index contributed by atoms with van der Waals surface area (Å²) in [6.45, 7) is 6.22. The van der Waals surface area contributed by atoms with Crippen LogP contribution in [0, 0.1) is 0 Å². The van der Waals surface area contributed by atoms with Gasteiger partial charge in [0.15, 0.2) is 0 Å². The molecule has 8 heteroatoms. The number of amides is 4. The monoisotopic (exact) mass is 415 g/mol. The lowest BCUT2D eigenvalue weighted by Gasteiger charge is -2.32. The molecule has 162 valence electrons. The zero-order valence-corrected chi connectivity index (χ0v) is 17.8. The quantitative estimate of drug-likeness (QED) is 0.272. The largest absolute Gasteiger partial charge is 0.462 e. The van der Waals surface area contributed by atoms with Gasteiger partial charge < -0.3 is 10.1 Å². The average molecular weight is 415 g/mol. The van der Waals surface area contributed by atoms with E-state index in [0.717, 1.165) is 35.5 Å². The molecule has 1 fully saturated rings. The van der Waals surface area contributed by atoms with Crippen LogP contribution in [0.2, 0.25) is 0 Å². The van der Waals surface area contributed by atoms with Gasteiger partial charge in [0.25, 0.3) is 11.8 Å². The van der Waals surface area contributed by atoms with E-state index < -0.39 is 17.8 Å². The van der Waals surface area contributed by atoms with Gasteiger partial charge >= 0.3 is 12.0 Å². The molecule has 1 aromatic carbocycles. The van der Waals surface area contributed by atoms with Gasteiger partial charge in [-0.25, -0.2) is 9.59 Å². The predicted molar refractivity (Wildman–Crippen MR) is 113 cm³/mol. The van der Waals surface area contributed by atoms with E-state index in [9.17, 15) is 19.2 Å². The van der Waals surface area contributed by atoms with E-state index in [1.165, 1.54) is 6.20 Å². The summed E-state index contributed by atoms with van der Waals surface area (Å²) in [6, 6.07) is 5.93. The highest BCUT2D eigenvalue weighted by Crippen LogP contribution is 2.18. The lowest BCUT2D eigenvalue weighted by atomic mass is 10.1. The van der Waals surface area contributed by atoms with Gasteiger partial charge in [0.05, 0.1) is 12.2 Å². The minimum atomic E-state index is -0.632. The Balaban J connectivity index is 2.01. The topological polar surface area (TPSA) is 96.0 Å². The van der Waals surface area contributed by atoms with Crippen LogP contribution in [0.4, 0.5) is 10.5 Å². The third kappa shape index (κ3) is 5.46. The summed E-state index contributed by atoms with van der Waals surface area (Å²) in [4.78, 5) is 51.2. The third-order valence-electron chi connectivity index (χ3n) is 4.78. The Morgan fingerprint density at radius 1 is 0.933 bits per heavy atom. The van der Waals surface area contributed by atoms with Crippen LogP contribution in [0.25, 0.3) is 0 Å². The standard InChI is InChI=1S/C22H29N3O5/c1-4-7-8-9-14-30-21(28)16-10-12-17(13-11-16)23-15-18-19(26)24(5-2)22(29)25(6-3)20(18)27/h10-13,15,23H,4-9,14H2,1-3H3. The van der Waals surface area contributed by atoms with Crippen molar-refractivity contribution in [3.63, 3.8) is 0 Å². The lowest BCUT2D eigenvalue weighted by molar-refractivity contribution is -0.135. The van der Waals surface area contributed by atoms with Gasteiger partial charge in [-0.1, -0.05) is 26.2 Å². The Morgan fingerprint density at radius 3 is 2.07 bits per heavy atom. The summed E-state index contributed by atoms with van der Waals surface area (Å²) < 4.78 is 5.25. The van der Waals surface area contributed by atoms with Gasteiger partial charge in [0.1, 0.15) is 5.57 Å². The molecule has 30 heavy (non-hydrogen) atoms. The summed E-state index contributed by atoms with van der Waals surface area (Å²) in [5.41, 5.74) is 0.896. The second kappa shape index (κ2) is 11.1. The number of imide groups is 2. The summed E-state index contributed by atoms with van der Waals surface area (Å²) >= 11 is 0. The number of unbranched alkanes of at least 4 members (excludes halogenated alkanes) is 3. The summed E-state index contributed by atoms with van der Waals surface area (Å²) in [5, 5.41) is 2.89. The Hall–Kier alpha value is -3.16. The molecular weight excluding hydrogens is 386 g/mol. The van der Waals surface area contributed by atoms with Gasteiger partial charge in [-0.15, -0.1) is 0 Å². The fraction of sp³-hybridized carbons (Fsp3) is 0.455. The van der Waals surface area contributed by atoms with Crippen LogP contribution < -0.4 is 5.32 Å². The molecule has 1 saturated heterocycles. The van der Waals surface area contributed by atoms with Crippen molar-refractivity contribution in [1.82, 2.24) is 9.80 Å². The SMILES string of the molecule is CCCCCCOC(=O)c1ccc(NC=C2C(=O)N(CC)C(=O)N(CC)C2=O)cc1. The fourth-order valence-electron chi connectivity index (χ4n) is 3.02. The number of hydrogen-bond donors (Lipinski definition) is 1. The first-order valence-corrected chi connectivity index (χ1v) is 10.4. The molecule has 2 rings (SSSR count). The molecule has 0 saturated carbocycles. The lowest BCUT2D eigenvalue weighted by Crippen LogP contribution is -2.56. The van der Waals surface area contributed by atoms with E-state index in [1.54, 1.807) is 38.1 Å². The van der Waals surface area contributed by atoms with E-state index in [4.69, 9.17) is 4.74 Å². The van der Waals surface area contributed by atoms with Crippen molar-refractivity contribution in [3.8, 4) is 0 Å². The molecule has 1 N–H and O–H groups in total. The molecule has 0 aromatic heterocycles. The minimum absolute atomic E-state index is 0.117. The van der Waals surface area contributed by atoms with Gasteiger partial charge in [-0.05, 0) is 44.5 Å². The molecule has 0 spiro atoms. The van der Waals surface area contributed by atoms with E-state index in [-0.39, 0.29) is 24.6 Å². The van der Waals surface area contributed by atoms with Crippen LogP contribution in [-0.4, -0.2) is 53.3 Å². The number of esters is 1. The predicted octanol–water partition coefficient (Wildman–Crippen LogP) is 3.55. The maximum absolute atomic E-state index is 12.5. The first-order chi connectivity index (χ1) is 14.4. The highest BCUT2D eigenvalue weighted by atomic mass is 16.5. The van der Waals surface area contributed by atoms with Crippen LogP contribution in [0.3, 0.4) is 0 Å². The number of carbonyl (C=O) groups is 4. The maximum Gasteiger partial charge on any atom is 0.338 e. The van der Waals surface area contributed by atoms with Gasteiger partial charge in [0.2, 0.25) is 0 Å². The first-order valence-electron chi connectivity index (χ1n) is 10.4. The Bertz CT molecular complexity index is 789. The van der Waals surface area contributed by atoms with Crippen LogP contribution >= 0.6 is 0 Å². The molecule has 1 aliphatic heterocycles. The van der Waals surface area contributed by atoms with Crippen LogP contribution in [-0.2, 0) is 14.3 Å². The van der Waals surface area contributed by atoms with E-state index in [2.05, 4.69) is 12.2 Å². The summed E-state index contributed by atoms with van der Waals surface area (Å²) in [5.74, 6) is -1.65. The van der Waals surface area contributed by atoms with Crippen molar-refractivity contribution < 1.29 is 23.9 Å². The molecule has 0 aliphatic carbocycles. The molecule has 0 atom stereocenters. The molecule has 1 heterocycles. The molecular formula is C22H29N3O5. The number of nitrogens with zero attached hydrogens (tertiary/aromatic N) is 2. The van der Waals surface area contributed by atoms with Crippen molar-refractivity contribution in [2.45, 2.75) is 46.5 Å². The molecule has 8 nitrogen and oxygen atoms in total. The van der Waals surface area contributed by atoms with Crippen LogP contribution in [0.15, 0.2) is 36.0 Å². The van der Waals surface area contributed by atoms with Crippen molar-refractivity contribution in [2.75, 3.05) is 25.0 Å². The number of urea groups is 1. The highest BCUT2D eigenvalue weighted by molar-refractivity contribution is 6.28. The van der Waals surface area contributed by atoms with Gasteiger partial charge in [-0.2, -0.15) is 0 Å². The first kappa shape index (κ1) is 23.1. The Kier molecular flexibility index (Phi) is 8.58. The van der Waals surface area contributed by atoms with Crippen molar-refractivity contribution >= 4 is 29.5 Å². The number of barbiturate groups is 1. The van der Waals surface area contributed by atoms with Gasteiger partial charge in [0, 0.05) is 25.0 Å². The smallest absolute Gasteiger partial charge is 0.338 e. The minimum Gasteiger partial charge on any atom is -0.462 e. The zero-order chi connectivity index (χ0) is 22.1. The van der Waals surface area contributed by atoms with Crippen LogP contribution in [0.1, 0.15) is 56.8 Å². The third-order valence-corrected chi connectivity index (χ3v) is 4.78. The fourth-order valence-corrected chi connectivity index (χ4v) is 3.02. The maximum atomic E-state index is 12.5. The summed E-state index contributed by atoms with van der Waals surface area (Å²) in [7, 11) is 0. The van der Waals surface area contributed by atoms with Crippen molar-refractivity contribution in [2.24, 2.45) is 0 Å². The highest BCUT2D eigenvalue weighted by Gasteiger charge is 2.40. The molecule has 4 amide bonds. The molecule has 0 bridgehead atoms. The van der Waals surface area contributed by atoms with Gasteiger partial charge in [-0.3, -0.25) is 19.4 Å². The van der Waals surface area contributed by atoms with E-state index >= 15 is 0 Å². The number of carbonyl (C=O) groups excluding carboxylic acids is 4. The summed E-state index contributed by atoms with van der Waals surface area (Å²) in [6.07, 6.45) is 5.43. The zero-order valence-electron chi connectivity index (χ0n) is 17.8. The molecule has 1 aliphatic rings. The van der Waals surface area contributed by atoms with Crippen molar-refractivity contribution in [3.05, 3.63) is 41.6 Å². The normalized spacial score (nSPS) is 14.2. The number of ether oxygens (including phenoxy) is 1. The number of hydrogen-bond acceptors (Lipinski definition) is 6. The number of anilines is 1. The Morgan fingerprint density at radius 2 is 1.53 bits per heavy atom. The number of nitrogens with one attached hydrogen (secondary N) is 1. The van der Waals surface area contributed by atoms with E-state index in [0.29, 0.717) is 17.9 Å². The molecule has 1 aromatic rings. The number of benzene rings is 1. The Labute approximate surface area is 176 Å². The average Bonchev–Trinajstić information content (AvgIpc) is 2.74. The second-order valence-corrected chi connectivity index (χ2v) is 6.86. The molecule has 0 unspecified atom stereocenters. The van der Waals surface area contributed by atoms with E-state index in [1.807, 2.05) is 0 Å². The number of rotatable bonds is 10. The van der Waals surface area contributed by atoms with Crippen molar-refractivity contribution in [1.29, 1.82) is 0 Å². The second-order valence-electron chi connectivity index (χ2n) is 6.86. The molecule has 0 radical (unpaired) electrons. The van der Waals surface area contributed by atoms with Crippen LogP contribution in [0.5, 0.6) is 0 Å².